The van der Waals surface area contributed by atoms with Crippen LogP contribution in [0.15, 0.2) is 30.6 Å². The summed E-state index contributed by atoms with van der Waals surface area (Å²) in [7, 11) is 2.00. The minimum absolute atomic E-state index is 0.275. The molecule has 1 aromatic heterocycles. The monoisotopic (exact) mass is 275 g/mol. The summed E-state index contributed by atoms with van der Waals surface area (Å²) in [4.78, 5) is 10.5. The van der Waals surface area contributed by atoms with E-state index in [0.29, 0.717) is 5.15 Å². The van der Waals surface area contributed by atoms with Gasteiger partial charge in [0.2, 0.25) is 0 Å². The molecule has 0 aliphatic rings. The summed E-state index contributed by atoms with van der Waals surface area (Å²) >= 11 is 6.20. The Morgan fingerprint density at radius 1 is 1.11 bits per heavy atom. The van der Waals surface area contributed by atoms with Crippen LogP contribution in [0.25, 0.3) is 0 Å². The van der Waals surface area contributed by atoms with Gasteiger partial charge in [-0.15, -0.1) is 0 Å². The number of rotatable bonds is 3. The Hall–Kier alpha value is -1.61. The minimum Gasteiger partial charge on any atom is -0.329 e. The fourth-order valence-corrected chi connectivity index (χ4v) is 2.37. The van der Waals surface area contributed by atoms with Gasteiger partial charge in [0.05, 0.1) is 0 Å². The second kappa shape index (κ2) is 5.57. The molecule has 0 atom stereocenters. The van der Waals surface area contributed by atoms with Crippen molar-refractivity contribution in [1.29, 1.82) is 0 Å². The van der Waals surface area contributed by atoms with Gasteiger partial charge in [-0.1, -0.05) is 43.1 Å². The van der Waals surface area contributed by atoms with Gasteiger partial charge in [-0.05, 0) is 25.0 Å². The summed E-state index contributed by atoms with van der Waals surface area (Å²) in [6.45, 7) is 6.26. The average Bonchev–Trinajstić information content (AvgIpc) is 2.38. The number of hydrogen-bond acceptors (Lipinski definition) is 3. The van der Waals surface area contributed by atoms with E-state index in [1.165, 1.54) is 11.9 Å². The number of benzene rings is 1. The van der Waals surface area contributed by atoms with Gasteiger partial charge in [0.15, 0.2) is 0 Å². The summed E-state index contributed by atoms with van der Waals surface area (Å²) in [5.41, 5.74) is 3.30. The van der Waals surface area contributed by atoms with Crippen LogP contribution >= 0.6 is 11.6 Å². The van der Waals surface area contributed by atoms with Crippen molar-refractivity contribution < 1.29 is 0 Å². The average molecular weight is 276 g/mol. The molecule has 4 heteroatoms. The molecule has 3 nitrogen and oxygen atoms in total. The minimum atomic E-state index is 0.275. The van der Waals surface area contributed by atoms with Crippen molar-refractivity contribution in [2.75, 3.05) is 11.9 Å². The zero-order chi connectivity index (χ0) is 14.0. The molecule has 0 saturated carbocycles. The molecular weight excluding hydrogens is 258 g/mol. The molecule has 1 aromatic carbocycles. The zero-order valence-electron chi connectivity index (χ0n) is 11.7. The molecule has 0 saturated heterocycles. The molecule has 0 radical (unpaired) electrons. The molecule has 100 valence electrons. The lowest BCUT2D eigenvalue weighted by Gasteiger charge is -2.23. The van der Waals surface area contributed by atoms with Crippen LogP contribution in [0, 0.1) is 6.92 Å². The van der Waals surface area contributed by atoms with Crippen molar-refractivity contribution in [2.45, 2.75) is 26.7 Å². The van der Waals surface area contributed by atoms with Gasteiger partial charge in [-0.3, -0.25) is 0 Å². The number of halogens is 1. The van der Waals surface area contributed by atoms with Crippen molar-refractivity contribution in [1.82, 2.24) is 9.97 Å². The number of nitrogens with zero attached hydrogens (tertiary/aromatic N) is 3. The van der Waals surface area contributed by atoms with E-state index in [4.69, 9.17) is 11.6 Å². The highest BCUT2D eigenvalue weighted by Gasteiger charge is 2.17. The normalized spacial score (nSPS) is 10.8. The summed E-state index contributed by atoms with van der Waals surface area (Å²) < 4.78 is 0. The first-order chi connectivity index (χ1) is 9.00. The molecule has 2 aromatic rings. The molecule has 0 aliphatic heterocycles. The van der Waals surface area contributed by atoms with Crippen molar-refractivity contribution in [2.24, 2.45) is 0 Å². The fourth-order valence-electron chi connectivity index (χ4n) is 2.02. The predicted octanol–water partition coefficient (Wildman–Crippen LogP) is 4.33. The summed E-state index contributed by atoms with van der Waals surface area (Å²) in [6.07, 6.45) is 1.51. The van der Waals surface area contributed by atoms with Crippen LogP contribution in [0.4, 0.5) is 11.5 Å². The molecule has 0 fully saturated rings. The van der Waals surface area contributed by atoms with E-state index in [9.17, 15) is 0 Å². The van der Waals surface area contributed by atoms with E-state index in [1.54, 1.807) is 0 Å². The van der Waals surface area contributed by atoms with Crippen LogP contribution in [-0.2, 0) is 0 Å². The smallest absolute Gasteiger partial charge is 0.141 e. The molecule has 0 unspecified atom stereocenters. The molecule has 0 spiro atoms. The third kappa shape index (κ3) is 2.87. The highest BCUT2D eigenvalue weighted by Crippen LogP contribution is 2.33. The van der Waals surface area contributed by atoms with Gasteiger partial charge in [-0.2, -0.15) is 0 Å². The highest BCUT2D eigenvalue weighted by atomic mass is 35.5. The Balaban J connectivity index is 2.46. The second-order valence-electron chi connectivity index (χ2n) is 4.95. The van der Waals surface area contributed by atoms with Crippen molar-refractivity contribution in [3.8, 4) is 0 Å². The summed E-state index contributed by atoms with van der Waals surface area (Å²) in [5, 5.41) is 0.527. The molecule has 0 amide bonds. The number of hydrogen-bond donors (Lipinski definition) is 0. The molecular formula is C15H18ClN3. The summed E-state index contributed by atoms with van der Waals surface area (Å²) in [5.74, 6) is 1.13. The lowest BCUT2D eigenvalue weighted by atomic mass is 10.1. The maximum Gasteiger partial charge on any atom is 0.141 e. The van der Waals surface area contributed by atoms with Crippen LogP contribution in [0.3, 0.4) is 0 Å². The van der Waals surface area contributed by atoms with Crippen molar-refractivity contribution >= 4 is 23.1 Å². The molecule has 0 N–H and O–H groups in total. The SMILES string of the molecule is Cc1ccc(N(C)c2ncnc(Cl)c2C(C)C)cc1. The van der Waals surface area contributed by atoms with Gasteiger partial charge >= 0.3 is 0 Å². The highest BCUT2D eigenvalue weighted by molar-refractivity contribution is 6.30. The first-order valence-electron chi connectivity index (χ1n) is 6.31. The van der Waals surface area contributed by atoms with Crippen molar-refractivity contribution in [3.05, 3.63) is 46.9 Å². The third-order valence-corrected chi connectivity index (χ3v) is 3.43. The number of aryl methyl sites for hydroxylation is 1. The first-order valence-corrected chi connectivity index (χ1v) is 6.69. The van der Waals surface area contributed by atoms with Crippen LogP contribution in [-0.4, -0.2) is 17.0 Å². The van der Waals surface area contributed by atoms with Gasteiger partial charge in [0, 0.05) is 18.3 Å². The standard InChI is InChI=1S/C15H18ClN3/c1-10(2)13-14(16)17-9-18-15(13)19(4)12-7-5-11(3)6-8-12/h5-10H,1-4H3. The molecule has 0 bridgehead atoms. The van der Waals surface area contributed by atoms with E-state index >= 15 is 0 Å². The lowest BCUT2D eigenvalue weighted by molar-refractivity contribution is 0.839. The largest absolute Gasteiger partial charge is 0.329 e. The van der Waals surface area contributed by atoms with E-state index < -0.39 is 0 Å². The Morgan fingerprint density at radius 2 is 1.74 bits per heavy atom. The molecule has 19 heavy (non-hydrogen) atoms. The van der Waals surface area contributed by atoms with Gasteiger partial charge in [-0.25, -0.2) is 9.97 Å². The van der Waals surface area contributed by atoms with Crippen molar-refractivity contribution in [3.63, 3.8) is 0 Å². The molecule has 2 rings (SSSR count). The Kier molecular flexibility index (Phi) is 4.05. The molecule has 1 heterocycles. The Bertz CT molecular complexity index is 564. The van der Waals surface area contributed by atoms with Gasteiger partial charge in [0.1, 0.15) is 17.3 Å². The van der Waals surface area contributed by atoms with Crippen LogP contribution in [0.1, 0.15) is 30.9 Å². The van der Waals surface area contributed by atoms with Gasteiger partial charge < -0.3 is 4.90 Å². The number of anilines is 2. The van der Waals surface area contributed by atoms with E-state index in [0.717, 1.165) is 17.1 Å². The lowest BCUT2D eigenvalue weighted by Crippen LogP contribution is -2.15. The molecule has 0 aliphatic carbocycles. The Morgan fingerprint density at radius 3 is 2.32 bits per heavy atom. The van der Waals surface area contributed by atoms with E-state index in [1.807, 2.05) is 11.9 Å². The van der Waals surface area contributed by atoms with E-state index in [-0.39, 0.29) is 5.92 Å². The van der Waals surface area contributed by atoms with Crippen LogP contribution in [0.5, 0.6) is 0 Å². The maximum atomic E-state index is 6.20. The third-order valence-electron chi connectivity index (χ3n) is 3.13. The quantitative estimate of drug-likeness (QED) is 0.781. The maximum absolute atomic E-state index is 6.20. The van der Waals surface area contributed by atoms with E-state index in [2.05, 4.69) is 55.0 Å². The van der Waals surface area contributed by atoms with Crippen LogP contribution in [0.2, 0.25) is 5.15 Å². The first kappa shape index (κ1) is 13.8. The topological polar surface area (TPSA) is 29.0 Å². The predicted molar refractivity (Wildman–Crippen MR) is 80.4 cm³/mol. The summed E-state index contributed by atoms with van der Waals surface area (Å²) in [6, 6.07) is 8.33. The zero-order valence-corrected chi connectivity index (χ0v) is 12.4. The van der Waals surface area contributed by atoms with Crippen LogP contribution < -0.4 is 4.90 Å². The fraction of sp³-hybridized carbons (Fsp3) is 0.333. The number of aromatic nitrogens is 2. The van der Waals surface area contributed by atoms with Gasteiger partial charge in [0.25, 0.3) is 0 Å². The Labute approximate surface area is 119 Å². The second-order valence-corrected chi connectivity index (χ2v) is 5.31.